The number of hydrogen-bond donors (Lipinski definition) is 0. The summed E-state index contributed by atoms with van der Waals surface area (Å²) >= 11 is 6.04. The fraction of sp³-hybridized carbons (Fsp3) is 0.357. The Morgan fingerprint density at radius 2 is 2.00 bits per heavy atom. The Morgan fingerprint density at radius 1 is 1.29 bits per heavy atom. The summed E-state index contributed by atoms with van der Waals surface area (Å²) in [5.41, 5.74) is 2.43. The lowest BCUT2D eigenvalue weighted by Gasteiger charge is -1.99. The quantitative estimate of drug-likeness (QED) is 0.722. The van der Waals surface area contributed by atoms with E-state index < -0.39 is 0 Å². The van der Waals surface area contributed by atoms with Crippen LogP contribution < -0.4 is 4.57 Å². The van der Waals surface area contributed by atoms with Crippen molar-refractivity contribution in [2.24, 2.45) is 7.05 Å². The molecular weight excluding hydrogens is 232 g/mol. The number of aromatic nitrogens is 2. The molecule has 0 atom stereocenters. The molecule has 0 unspecified atom stereocenters. The zero-order valence-corrected chi connectivity index (χ0v) is 11.5. The molecule has 0 aliphatic rings. The SMILES string of the molecule is Cc1n(C)c(C(C)C)c[n+]1-c1cccc(Cl)c1. The number of halogens is 1. The Morgan fingerprint density at radius 3 is 2.53 bits per heavy atom. The minimum atomic E-state index is 0.513. The van der Waals surface area contributed by atoms with Crippen molar-refractivity contribution in [3.8, 4) is 5.69 Å². The molecule has 0 N–H and O–H groups in total. The molecule has 0 fully saturated rings. The molecule has 0 saturated heterocycles. The molecular formula is C14H18ClN2+. The highest BCUT2D eigenvalue weighted by Gasteiger charge is 2.20. The van der Waals surface area contributed by atoms with Gasteiger partial charge in [-0.05, 0) is 12.1 Å². The lowest BCUT2D eigenvalue weighted by Crippen LogP contribution is -2.32. The van der Waals surface area contributed by atoms with E-state index in [-0.39, 0.29) is 0 Å². The van der Waals surface area contributed by atoms with Crippen LogP contribution in [0.3, 0.4) is 0 Å². The topological polar surface area (TPSA) is 8.81 Å². The van der Waals surface area contributed by atoms with Gasteiger partial charge in [-0.2, -0.15) is 4.57 Å². The van der Waals surface area contributed by atoms with Crippen molar-refractivity contribution in [3.05, 3.63) is 47.0 Å². The van der Waals surface area contributed by atoms with Crippen LogP contribution in [-0.2, 0) is 7.05 Å². The summed E-state index contributed by atoms with van der Waals surface area (Å²) in [7, 11) is 2.10. The summed E-state index contributed by atoms with van der Waals surface area (Å²) < 4.78 is 4.41. The van der Waals surface area contributed by atoms with Gasteiger partial charge in [0.2, 0.25) is 0 Å². The van der Waals surface area contributed by atoms with Crippen molar-refractivity contribution in [2.45, 2.75) is 26.7 Å². The first-order chi connectivity index (χ1) is 8.00. The molecule has 0 amide bonds. The standard InChI is InChI=1S/C14H18ClN2/c1-10(2)14-9-17(11(3)16(14)4)13-7-5-6-12(15)8-13/h5-10H,1-4H3/q+1. The lowest BCUT2D eigenvalue weighted by atomic mass is 10.1. The molecule has 3 heteroatoms. The molecule has 0 aliphatic carbocycles. The number of hydrogen-bond acceptors (Lipinski definition) is 0. The highest BCUT2D eigenvalue weighted by atomic mass is 35.5. The molecule has 0 bridgehead atoms. The van der Waals surface area contributed by atoms with Gasteiger partial charge in [-0.3, -0.25) is 0 Å². The van der Waals surface area contributed by atoms with Crippen LogP contribution in [0.5, 0.6) is 0 Å². The van der Waals surface area contributed by atoms with E-state index in [1.165, 1.54) is 11.5 Å². The monoisotopic (exact) mass is 249 g/mol. The third kappa shape index (κ3) is 2.22. The van der Waals surface area contributed by atoms with E-state index in [0.717, 1.165) is 10.7 Å². The van der Waals surface area contributed by atoms with E-state index >= 15 is 0 Å². The summed E-state index contributed by atoms with van der Waals surface area (Å²) in [5.74, 6) is 1.72. The smallest absolute Gasteiger partial charge is 0.234 e. The second-order valence-corrected chi connectivity index (χ2v) is 5.10. The van der Waals surface area contributed by atoms with Crippen molar-refractivity contribution < 1.29 is 4.57 Å². The van der Waals surface area contributed by atoms with Crippen LogP contribution in [-0.4, -0.2) is 4.57 Å². The Hall–Kier alpha value is -1.28. The molecule has 90 valence electrons. The number of rotatable bonds is 2. The Labute approximate surface area is 107 Å². The maximum Gasteiger partial charge on any atom is 0.258 e. The molecule has 1 aromatic carbocycles. The predicted octanol–water partition coefficient (Wildman–Crippen LogP) is 3.39. The average molecular weight is 250 g/mol. The van der Waals surface area contributed by atoms with Crippen LogP contribution in [0.15, 0.2) is 30.5 Å². The van der Waals surface area contributed by atoms with Gasteiger partial charge in [0.1, 0.15) is 17.6 Å². The molecule has 2 rings (SSSR count). The van der Waals surface area contributed by atoms with E-state index in [2.05, 4.69) is 49.2 Å². The van der Waals surface area contributed by atoms with Gasteiger partial charge in [0.25, 0.3) is 5.82 Å². The number of imidazole rings is 1. The van der Waals surface area contributed by atoms with Gasteiger partial charge < -0.3 is 0 Å². The zero-order valence-electron chi connectivity index (χ0n) is 10.7. The van der Waals surface area contributed by atoms with Crippen LogP contribution in [0.25, 0.3) is 5.69 Å². The molecule has 2 aromatic rings. The third-order valence-corrected chi connectivity index (χ3v) is 3.40. The summed E-state index contributed by atoms with van der Waals surface area (Å²) in [5, 5.41) is 0.768. The van der Waals surface area contributed by atoms with E-state index in [4.69, 9.17) is 11.6 Å². The predicted molar refractivity (Wildman–Crippen MR) is 70.8 cm³/mol. The summed E-state index contributed by atoms with van der Waals surface area (Å²) in [6.07, 6.45) is 2.19. The molecule has 1 heterocycles. The van der Waals surface area contributed by atoms with Crippen LogP contribution in [0.4, 0.5) is 0 Å². The number of nitrogens with zero attached hydrogens (tertiary/aromatic N) is 2. The maximum absolute atomic E-state index is 6.04. The van der Waals surface area contributed by atoms with Gasteiger partial charge in [-0.15, -0.1) is 0 Å². The molecule has 0 saturated carbocycles. The van der Waals surface area contributed by atoms with Gasteiger partial charge >= 0.3 is 0 Å². The highest BCUT2D eigenvalue weighted by molar-refractivity contribution is 6.30. The minimum Gasteiger partial charge on any atom is -0.234 e. The van der Waals surface area contributed by atoms with Gasteiger partial charge in [-0.25, -0.2) is 4.57 Å². The second kappa shape index (κ2) is 4.53. The largest absolute Gasteiger partial charge is 0.258 e. The summed E-state index contributed by atoms with van der Waals surface area (Å²) in [4.78, 5) is 0. The first kappa shape index (κ1) is 12.2. The van der Waals surface area contributed by atoms with Crippen LogP contribution in [0.2, 0.25) is 5.02 Å². The van der Waals surface area contributed by atoms with E-state index in [0.29, 0.717) is 5.92 Å². The summed E-state index contributed by atoms with van der Waals surface area (Å²) in [6, 6.07) is 7.93. The van der Waals surface area contributed by atoms with Crippen molar-refractivity contribution in [1.29, 1.82) is 0 Å². The average Bonchev–Trinajstić information content (AvgIpc) is 2.56. The van der Waals surface area contributed by atoms with Gasteiger partial charge in [0.05, 0.1) is 7.05 Å². The normalized spacial score (nSPS) is 11.2. The van der Waals surface area contributed by atoms with Crippen LogP contribution in [0.1, 0.15) is 31.3 Å². The fourth-order valence-electron chi connectivity index (χ4n) is 2.08. The molecule has 0 radical (unpaired) electrons. The van der Waals surface area contributed by atoms with Gasteiger partial charge in [0, 0.05) is 23.9 Å². The van der Waals surface area contributed by atoms with Crippen molar-refractivity contribution in [2.75, 3.05) is 0 Å². The van der Waals surface area contributed by atoms with E-state index in [9.17, 15) is 0 Å². The third-order valence-electron chi connectivity index (χ3n) is 3.16. The van der Waals surface area contributed by atoms with E-state index in [1.54, 1.807) is 0 Å². The molecule has 0 spiro atoms. The second-order valence-electron chi connectivity index (χ2n) is 4.66. The Kier molecular flexibility index (Phi) is 3.25. The van der Waals surface area contributed by atoms with Crippen molar-refractivity contribution in [3.63, 3.8) is 0 Å². The first-order valence-electron chi connectivity index (χ1n) is 5.84. The minimum absolute atomic E-state index is 0.513. The molecule has 1 aromatic heterocycles. The molecule has 2 nitrogen and oxygen atoms in total. The maximum atomic E-state index is 6.04. The Balaban J connectivity index is 2.57. The highest BCUT2D eigenvalue weighted by Crippen LogP contribution is 2.16. The zero-order chi connectivity index (χ0) is 12.6. The lowest BCUT2D eigenvalue weighted by molar-refractivity contribution is -0.602. The molecule has 0 aliphatic heterocycles. The van der Waals surface area contributed by atoms with Gasteiger partial charge in [0.15, 0.2) is 0 Å². The van der Waals surface area contributed by atoms with Crippen LogP contribution >= 0.6 is 11.6 Å². The first-order valence-corrected chi connectivity index (χ1v) is 6.22. The fourth-order valence-corrected chi connectivity index (χ4v) is 2.27. The summed E-state index contributed by atoms with van der Waals surface area (Å²) in [6.45, 7) is 6.53. The number of benzene rings is 1. The Bertz CT molecular complexity index is 541. The van der Waals surface area contributed by atoms with Crippen LogP contribution in [0, 0.1) is 6.92 Å². The van der Waals surface area contributed by atoms with Crippen molar-refractivity contribution in [1.82, 2.24) is 4.57 Å². The van der Waals surface area contributed by atoms with Crippen molar-refractivity contribution >= 4 is 11.6 Å². The van der Waals surface area contributed by atoms with E-state index in [1.807, 2.05) is 18.2 Å². The van der Waals surface area contributed by atoms with Gasteiger partial charge in [-0.1, -0.05) is 31.5 Å². The molecule has 17 heavy (non-hydrogen) atoms.